The molecule has 0 fully saturated rings. The van der Waals surface area contributed by atoms with Gasteiger partial charge in [0.05, 0.1) is 0 Å². The van der Waals surface area contributed by atoms with Gasteiger partial charge in [-0.2, -0.15) is 0 Å². The Morgan fingerprint density at radius 2 is 1.12 bits per heavy atom. The molecule has 154 valence electrons. The van der Waals surface area contributed by atoms with Crippen molar-refractivity contribution in [2.45, 2.75) is 90.5 Å². The maximum atomic E-state index is 5.62. The lowest BCUT2D eigenvalue weighted by Gasteiger charge is -2.08. The van der Waals surface area contributed by atoms with Crippen LogP contribution in [0.4, 0.5) is 0 Å². The third-order valence-electron chi connectivity index (χ3n) is 4.33. The van der Waals surface area contributed by atoms with Gasteiger partial charge in [-0.05, 0) is 26.1 Å². The third kappa shape index (κ3) is 21.5. The zero-order valence-electron chi connectivity index (χ0n) is 17.6. The third-order valence-corrected chi connectivity index (χ3v) is 4.60. The quantitative estimate of drug-likeness (QED) is 0.254. The van der Waals surface area contributed by atoms with E-state index in [4.69, 9.17) is 11.6 Å². The Bertz CT molecular complexity index is 344. The van der Waals surface area contributed by atoms with Crippen molar-refractivity contribution >= 4 is 11.6 Å². The predicted octanol–water partition coefficient (Wildman–Crippen LogP) is 6.85. The van der Waals surface area contributed by atoms with E-state index in [0.29, 0.717) is 0 Å². The topological polar surface area (TPSA) is 34.7 Å². The number of hydrogen-bond acceptors (Lipinski definition) is 1. The standard InChI is InChI=1S/C14H29Cl.C9H13N.H2O/c1-2-3-4-5-6-7-8-9-10-11-12-13-14-15;1-10(2)8-9-6-4-3-5-7-9;/h2-14H2,1H3;3-7H,8H2,1-2H3;1H2. The van der Waals surface area contributed by atoms with Crippen molar-refractivity contribution < 1.29 is 5.48 Å². The highest BCUT2D eigenvalue weighted by Crippen LogP contribution is 2.11. The van der Waals surface area contributed by atoms with Crippen molar-refractivity contribution in [3.8, 4) is 0 Å². The van der Waals surface area contributed by atoms with Crippen molar-refractivity contribution in [3.63, 3.8) is 0 Å². The van der Waals surface area contributed by atoms with Crippen LogP contribution in [0.25, 0.3) is 0 Å². The number of nitrogens with zero attached hydrogens (tertiary/aromatic N) is 1. The number of hydrogen-bond donors (Lipinski definition) is 0. The summed E-state index contributed by atoms with van der Waals surface area (Å²) in [7, 11) is 4.15. The first kappa shape index (κ1) is 27.6. The molecule has 0 aliphatic heterocycles. The minimum atomic E-state index is 0. The van der Waals surface area contributed by atoms with E-state index in [1.54, 1.807) is 0 Å². The molecule has 1 rings (SSSR count). The number of benzene rings is 1. The first-order valence-corrected chi connectivity index (χ1v) is 11.0. The summed E-state index contributed by atoms with van der Waals surface area (Å²) in [5, 5.41) is 0. The lowest BCUT2D eigenvalue weighted by atomic mass is 10.1. The molecule has 0 atom stereocenters. The average molecular weight is 386 g/mol. The Morgan fingerprint density at radius 3 is 1.50 bits per heavy atom. The fraction of sp³-hybridized carbons (Fsp3) is 0.739. The fourth-order valence-corrected chi connectivity index (χ4v) is 3.07. The molecule has 0 spiro atoms. The second kappa shape index (κ2) is 22.5. The molecule has 0 aliphatic carbocycles. The highest BCUT2D eigenvalue weighted by atomic mass is 35.5. The zero-order valence-corrected chi connectivity index (χ0v) is 18.4. The largest absolute Gasteiger partial charge is 0.412 e. The highest BCUT2D eigenvalue weighted by molar-refractivity contribution is 6.17. The van der Waals surface area contributed by atoms with Crippen LogP contribution >= 0.6 is 11.6 Å². The van der Waals surface area contributed by atoms with Crippen molar-refractivity contribution in [1.82, 2.24) is 4.90 Å². The second-order valence-corrected chi connectivity index (χ2v) is 7.68. The molecular formula is C23H44ClNO. The fourth-order valence-electron chi connectivity index (χ4n) is 2.88. The van der Waals surface area contributed by atoms with Gasteiger partial charge in [0.25, 0.3) is 0 Å². The summed E-state index contributed by atoms with van der Waals surface area (Å²) < 4.78 is 0. The van der Waals surface area contributed by atoms with Crippen LogP contribution in [-0.4, -0.2) is 30.4 Å². The van der Waals surface area contributed by atoms with Crippen molar-refractivity contribution in [1.29, 1.82) is 0 Å². The normalized spacial score (nSPS) is 10.2. The summed E-state index contributed by atoms with van der Waals surface area (Å²) in [6.07, 6.45) is 16.9. The van der Waals surface area contributed by atoms with Gasteiger partial charge in [0.15, 0.2) is 0 Å². The molecule has 0 amide bonds. The number of unbranched alkanes of at least 4 members (excludes halogenated alkanes) is 11. The van der Waals surface area contributed by atoms with E-state index in [0.717, 1.165) is 12.4 Å². The first-order valence-electron chi connectivity index (χ1n) is 10.4. The molecule has 0 aliphatic rings. The van der Waals surface area contributed by atoms with E-state index < -0.39 is 0 Å². The molecule has 2 nitrogen and oxygen atoms in total. The van der Waals surface area contributed by atoms with Crippen LogP contribution in [0.3, 0.4) is 0 Å². The second-order valence-electron chi connectivity index (χ2n) is 7.30. The molecule has 1 aromatic carbocycles. The van der Waals surface area contributed by atoms with Crippen LogP contribution in [-0.2, 0) is 6.54 Å². The molecule has 0 saturated heterocycles. The van der Waals surface area contributed by atoms with Gasteiger partial charge in [-0.25, -0.2) is 0 Å². The maximum absolute atomic E-state index is 5.62. The molecule has 0 aromatic heterocycles. The lowest BCUT2D eigenvalue weighted by molar-refractivity contribution is 0.402. The number of halogens is 1. The maximum Gasteiger partial charge on any atom is 0.0227 e. The Balaban J connectivity index is 0. The molecular weight excluding hydrogens is 342 g/mol. The van der Waals surface area contributed by atoms with Crippen LogP contribution in [0.15, 0.2) is 30.3 Å². The van der Waals surface area contributed by atoms with Gasteiger partial charge < -0.3 is 10.4 Å². The Hall–Kier alpha value is -0.570. The molecule has 2 N–H and O–H groups in total. The van der Waals surface area contributed by atoms with Crippen molar-refractivity contribution in [3.05, 3.63) is 35.9 Å². The van der Waals surface area contributed by atoms with Crippen LogP contribution in [0.5, 0.6) is 0 Å². The van der Waals surface area contributed by atoms with E-state index in [-0.39, 0.29) is 5.48 Å². The molecule has 0 bridgehead atoms. The summed E-state index contributed by atoms with van der Waals surface area (Å²) in [5.74, 6) is 0.845. The molecule has 3 heteroatoms. The van der Waals surface area contributed by atoms with Gasteiger partial charge in [0.1, 0.15) is 0 Å². The molecule has 0 saturated carbocycles. The minimum Gasteiger partial charge on any atom is -0.412 e. The average Bonchev–Trinajstić information content (AvgIpc) is 2.61. The van der Waals surface area contributed by atoms with Gasteiger partial charge >= 0.3 is 0 Å². The summed E-state index contributed by atoms with van der Waals surface area (Å²) in [5.41, 5.74) is 1.37. The van der Waals surface area contributed by atoms with Crippen LogP contribution in [0, 0.1) is 0 Å². The molecule has 26 heavy (non-hydrogen) atoms. The van der Waals surface area contributed by atoms with E-state index >= 15 is 0 Å². The lowest BCUT2D eigenvalue weighted by Crippen LogP contribution is -2.10. The minimum absolute atomic E-state index is 0. The van der Waals surface area contributed by atoms with Crippen LogP contribution in [0.1, 0.15) is 89.5 Å². The van der Waals surface area contributed by atoms with Gasteiger partial charge in [-0.15, -0.1) is 11.6 Å². The van der Waals surface area contributed by atoms with Crippen molar-refractivity contribution in [2.24, 2.45) is 0 Å². The van der Waals surface area contributed by atoms with Gasteiger partial charge in [-0.1, -0.05) is 108 Å². The van der Waals surface area contributed by atoms with Gasteiger partial charge in [-0.3, -0.25) is 0 Å². The Morgan fingerprint density at radius 1 is 0.692 bits per heavy atom. The monoisotopic (exact) mass is 385 g/mol. The van der Waals surface area contributed by atoms with Gasteiger partial charge in [0, 0.05) is 12.4 Å². The SMILES string of the molecule is CCCCCCCCCCCCCCCl.CN(C)Cc1ccccc1.O. The van der Waals surface area contributed by atoms with E-state index in [1.807, 2.05) is 6.07 Å². The Labute approximate surface area is 168 Å². The zero-order chi connectivity index (χ0) is 18.6. The van der Waals surface area contributed by atoms with Crippen LogP contribution < -0.4 is 0 Å². The smallest absolute Gasteiger partial charge is 0.0227 e. The van der Waals surface area contributed by atoms with Crippen LogP contribution in [0.2, 0.25) is 0 Å². The summed E-state index contributed by atoms with van der Waals surface area (Å²) in [6.45, 7) is 3.31. The predicted molar refractivity (Wildman–Crippen MR) is 119 cm³/mol. The molecule has 0 radical (unpaired) electrons. The molecule has 0 heterocycles. The molecule has 0 unspecified atom stereocenters. The molecule has 1 aromatic rings. The van der Waals surface area contributed by atoms with E-state index in [1.165, 1.54) is 82.6 Å². The number of rotatable bonds is 14. The van der Waals surface area contributed by atoms with Gasteiger partial charge in [0.2, 0.25) is 0 Å². The van der Waals surface area contributed by atoms with E-state index in [2.05, 4.69) is 50.2 Å². The summed E-state index contributed by atoms with van der Waals surface area (Å²) >= 11 is 5.62. The number of alkyl halides is 1. The summed E-state index contributed by atoms with van der Waals surface area (Å²) in [6, 6.07) is 10.5. The first-order chi connectivity index (χ1) is 12.2. The van der Waals surface area contributed by atoms with Crippen molar-refractivity contribution in [2.75, 3.05) is 20.0 Å². The van der Waals surface area contributed by atoms with E-state index in [9.17, 15) is 0 Å². The highest BCUT2D eigenvalue weighted by Gasteiger charge is 1.92. The summed E-state index contributed by atoms with van der Waals surface area (Å²) in [4.78, 5) is 2.16. The Kier molecular flexibility index (Phi) is 23.9.